The number of benzene rings is 1. The average molecular weight is 255 g/mol. The Morgan fingerprint density at radius 3 is 2.22 bits per heavy atom. The fourth-order valence-corrected chi connectivity index (χ4v) is 1.55. The van der Waals surface area contributed by atoms with Crippen LogP contribution in [0, 0.1) is 24.0 Å². The molecule has 0 aliphatic carbocycles. The van der Waals surface area contributed by atoms with Crippen molar-refractivity contribution in [2.45, 2.75) is 13.8 Å². The Hall–Kier alpha value is -2.18. The van der Waals surface area contributed by atoms with Gasteiger partial charge in [0.2, 0.25) is 5.96 Å². The second-order valence-corrected chi connectivity index (χ2v) is 3.68. The Morgan fingerprint density at radius 2 is 1.83 bits per heavy atom. The molecule has 5 nitrogen and oxygen atoms in total. The van der Waals surface area contributed by atoms with E-state index in [-0.39, 0.29) is 18.2 Å². The van der Waals surface area contributed by atoms with Crippen LogP contribution < -0.4 is 16.4 Å². The van der Waals surface area contributed by atoms with Crippen molar-refractivity contribution in [2.75, 3.05) is 11.4 Å². The van der Waals surface area contributed by atoms with E-state index in [4.69, 9.17) is 16.9 Å². The molecule has 0 spiro atoms. The first kappa shape index (κ1) is 13.9. The summed E-state index contributed by atoms with van der Waals surface area (Å²) in [6, 6.07) is 2.37. The maximum Gasteiger partial charge on any atom is 0.225 e. The lowest BCUT2D eigenvalue weighted by Gasteiger charge is -2.22. The Labute approximate surface area is 104 Å². The van der Waals surface area contributed by atoms with Crippen molar-refractivity contribution < 1.29 is 8.78 Å². The minimum absolute atomic E-state index is 0.159. The first-order valence-electron chi connectivity index (χ1n) is 5.28. The zero-order valence-corrected chi connectivity index (χ0v) is 10.2. The smallest absolute Gasteiger partial charge is 0.225 e. The van der Waals surface area contributed by atoms with Gasteiger partial charge < -0.3 is 16.4 Å². The number of nitrogens with two attached hydrogens (primary N) is 2. The molecule has 98 valence electrons. The number of nitrogens with one attached hydrogen (secondary N) is 1. The van der Waals surface area contributed by atoms with Crippen molar-refractivity contribution in [2.24, 2.45) is 16.5 Å². The van der Waals surface area contributed by atoms with Gasteiger partial charge in [-0.25, -0.2) is 8.78 Å². The van der Waals surface area contributed by atoms with Crippen molar-refractivity contribution in [1.29, 1.82) is 5.41 Å². The third kappa shape index (κ3) is 2.93. The van der Waals surface area contributed by atoms with Crippen LogP contribution in [-0.4, -0.2) is 18.5 Å². The Morgan fingerprint density at radius 1 is 1.33 bits per heavy atom. The molecule has 0 unspecified atom stereocenters. The number of guanidine groups is 2. The molecule has 0 bridgehead atoms. The second kappa shape index (κ2) is 5.44. The van der Waals surface area contributed by atoms with E-state index in [0.29, 0.717) is 5.56 Å². The van der Waals surface area contributed by atoms with Crippen LogP contribution in [0.1, 0.15) is 12.5 Å². The molecular weight excluding hydrogens is 240 g/mol. The quantitative estimate of drug-likeness (QED) is 0.549. The molecule has 1 rings (SSSR count). The largest absolute Gasteiger partial charge is 0.370 e. The van der Waals surface area contributed by atoms with E-state index in [1.807, 2.05) is 0 Å². The Bertz CT molecular complexity index is 471. The molecule has 0 heterocycles. The van der Waals surface area contributed by atoms with Gasteiger partial charge in [0.1, 0.15) is 17.3 Å². The topological polar surface area (TPSA) is 91.5 Å². The van der Waals surface area contributed by atoms with Crippen molar-refractivity contribution >= 4 is 17.6 Å². The van der Waals surface area contributed by atoms with Crippen LogP contribution in [0.5, 0.6) is 0 Å². The monoisotopic (exact) mass is 255 g/mol. The molecule has 0 atom stereocenters. The molecule has 0 saturated carbocycles. The summed E-state index contributed by atoms with van der Waals surface area (Å²) in [5.41, 5.74) is 10.4. The van der Waals surface area contributed by atoms with Gasteiger partial charge in [0.15, 0.2) is 5.96 Å². The van der Waals surface area contributed by atoms with E-state index in [2.05, 4.69) is 4.99 Å². The van der Waals surface area contributed by atoms with Crippen LogP contribution in [0.15, 0.2) is 17.1 Å². The Kier molecular flexibility index (Phi) is 4.19. The summed E-state index contributed by atoms with van der Waals surface area (Å²) >= 11 is 0. The van der Waals surface area contributed by atoms with Crippen LogP contribution in [0.2, 0.25) is 0 Å². The minimum Gasteiger partial charge on any atom is -0.370 e. The molecule has 0 fully saturated rings. The number of rotatable bonds is 2. The highest BCUT2D eigenvalue weighted by atomic mass is 19.1. The highest BCUT2D eigenvalue weighted by molar-refractivity contribution is 6.01. The highest BCUT2D eigenvalue weighted by Crippen LogP contribution is 2.25. The summed E-state index contributed by atoms with van der Waals surface area (Å²) in [5.74, 6) is -2.28. The molecular formula is C11H15F2N5. The van der Waals surface area contributed by atoms with Crippen LogP contribution in [0.3, 0.4) is 0 Å². The van der Waals surface area contributed by atoms with Gasteiger partial charge in [0.05, 0.1) is 0 Å². The van der Waals surface area contributed by atoms with Crippen LogP contribution in [0.25, 0.3) is 0 Å². The summed E-state index contributed by atoms with van der Waals surface area (Å²) in [6.07, 6.45) is 0. The standard InChI is InChI=1S/C11H15F2N5/c1-3-18(11(16)17-10(14)15)9-7(12)4-6(2)5-8(9)13/h4-5H,3H2,1-2H3,(H5,14,15,16,17). The number of nitrogens with zero attached hydrogens (tertiary/aromatic N) is 2. The zero-order chi connectivity index (χ0) is 13.9. The number of hydrogen-bond acceptors (Lipinski definition) is 1. The van der Waals surface area contributed by atoms with Crippen molar-refractivity contribution in [3.63, 3.8) is 0 Å². The summed E-state index contributed by atoms with van der Waals surface area (Å²) < 4.78 is 27.5. The predicted molar refractivity (Wildman–Crippen MR) is 67.7 cm³/mol. The summed E-state index contributed by atoms with van der Waals surface area (Å²) in [5, 5.41) is 7.61. The van der Waals surface area contributed by atoms with Crippen molar-refractivity contribution in [1.82, 2.24) is 0 Å². The zero-order valence-electron chi connectivity index (χ0n) is 10.2. The third-order valence-corrected chi connectivity index (χ3v) is 2.24. The van der Waals surface area contributed by atoms with Gasteiger partial charge >= 0.3 is 0 Å². The Balaban J connectivity index is 3.26. The van der Waals surface area contributed by atoms with Gasteiger partial charge in [-0.1, -0.05) is 0 Å². The van der Waals surface area contributed by atoms with Crippen molar-refractivity contribution in [3.05, 3.63) is 29.3 Å². The van der Waals surface area contributed by atoms with Crippen LogP contribution in [-0.2, 0) is 0 Å². The SMILES string of the molecule is CCN(C(=N)N=C(N)N)c1c(F)cc(C)cc1F. The number of aryl methyl sites for hydroxylation is 1. The number of anilines is 1. The second-order valence-electron chi connectivity index (χ2n) is 3.68. The lowest BCUT2D eigenvalue weighted by atomic mass is 10.2. The van der Waals surface area contributed by atoms with Gasteiger partial charge in [-0.05, 0) is 31.5 Å². The van der Waals surface area contributed by atoms with Gasteiger partial charge in [0.25, 0.3) is 0 Å². The normalized spacial score (nSPS) is 10.0. The van der Waals surface area contributed by atoms with Crippen molar-refractivity contribution in [3.8, 4) is 0 Å². The van der Waals surface area contributed by atoms with Crippen LogP contribution in [0.4, 0.5) is 14.5 Å². The third-order valence-electron chi connectivity index (χ3n) is 2.24. The molecule has 1 aromatic rings. The minimum atomic E-state index is -0.759. The lowest BCUT2D eigenvalue weighted by Crippen LogP contribution is -2.34. The fourth-order valence-electron chi connectivity index (χ4n) is 1.55. The van der Waals surface area contributed by atoms with E-state index in [1.165, 1.54) is 12.1 Å². The molecule has 1 aromatic carbocycles. The van der Waals surface area contributed by atoms with E-state index in [9.17, 15) is 8.78 Å². The predicted octanol–water partition coefficient (Wildman–Crippen LogP) is 1.31. The van der Waals surface area contributed by atoms with Gasteiger partial charge in [-0.2, -0.15) is 4.99 Å². The van der Waals surface area contributed by atoms with E-state index in [0.717, 1.165) is 4.90 Å². The first-order chi connectivity index (χ1) is 8.36. The molecule has 0 aliphatic rings. The molecule has 18 heavy (non-hydrogen) atoms. The van der Waals surface area contributed by atoms with Gasteiger partial charge in [-0.15, -0.1) is 0 Å². The molecule has 0 aromatic heterocycles. The van der Waals surface area contributed by atoms with E-state index < -0.39 is 17.6 Å². The van der Waals surface area contributed by atoms with E-state index >= 15 is 0 Å². The highest BCUT2D eigenvalue weighted by Gasteiger charge is 2.19. The van der Waals surface area contributed by atoms with Gasteiger partial charge in [0, 0.05) is 6.54 Å². The summed E-state index contributed by atoms with van der Waals surface area (Å²) in [7, 11) is 0. The first-order valence-corrected chi connectivity index (χ1v) is 5.28. The average Bonchev–Trinajstić information content (AvgIpc) is 2.21. The maximum absolute atomic E-state index is 13.8. The molecule has 5 N–H and O–H groups in total. The summed E-state index contributed by atoms with van der Waals surface area (Å²) in [4.78, 5) is 4.52. The van der Waals surface area contributed by atoms with Crippen LogP contribution >= 0.6 is 0 Å². The maximum atomic E-state index is 13.8. The number of hydrogen-bond donors (Lipinski definition) is 3. The summed E-state index contributed by atoms with van der Waals surface area (Å²) in [6.45, 7) is 3.37. The fraction of sp³-hybridized carbons (Fsp3) is 0.273. The molecule has 0 saturated heterocycles. The van der Waals surface area contributed by atoms with Gasteiger partial charge in [-0.3, -0.25) is 5.41 Å². The molecule has 7 heteroatoms. The lowest BCUT2D eigenvalue weighted by molar-refractivity contribution is 0.580. The molecule has 0 radical (unpaired) electrons. The van der Waals surface area contributed by atoms with E-state index in [1.54, 1.807) is 13.8 Å². The number of halogens is 2. The molecule has 0 amide bonds. The molecule has 0 aliphatic heterocycles. The number of aliphatic imine (C=N–C) groups is 1.